The number of aryl methyl sites for hydroxylation is 1. The van der Waals surface area contributed by atoms with Gasteiger partial charge in [-0.2, -0.15) is 5.10 Å². The van der Waals surface area contributed by atoms with Crippen molar-refractivity contribution >= 4 is 5.97 Å². The lowest BCUT2D eigenvalue weighted by molar-refractivity contribution is 0.0525. The zero-order valence-electron chi connectivity index (χ0n) is 20.4. The van der Waals surface area contributed by atoms with Crippen LogP contribution in [-0.4, -0.2) is 43.5 Å². The monoisotopic (exact) mass is 471 g/mol. The molecule has 4 aromatic rings. The fourth-order valence-corrected chi connectivity index (χ4v) is 4.48. The van der Waals surface area contributed by atoms with E-state index in [0.717, 1.165) is 40.4 Å². The second-order valence-electron chi connectivity index (χ2n) is 9.09. The Bertz CT molecular complexity index is 1360. The number of nitrogens with zero attached hydrogens (tertiary/aromatic N) is 5. The van der Waals surface area contributed by atoms with E-state index in [2.05, 4.69) is 33.6 Å². The van der Waals surface area contributed by atoms with Gasteiger partial charge in [-0.25, -0.2) is 9.48 Å². The van der Waals surface area contributed by atoms with Crippen molar-refractivity contribution in [3.63, 3.8) is 0 Å². The summed E-state index contributed by atoms with van der Waals surface area (Å²) in [5.74, 6) is 0.783. The first kappa shape index (κ1) is 22.8. The zero-order valence-corrected chi connectivity index (χ0v) is 20.4. The van der Waals surface area contributed by atoms with Crippen molar-refractivity contribution in [2.75, 3.05) is 6.61 Å². The first-order valence-electron chi connectivity index (χ1n) is 11.9. The summed E-state index contributed by atoms with van der Waals surface area (Å²) in [6.07, 6.45) is 4.53. The minimum Gasteiger partial charge on any atom is -0.491 e. The van der Waals surface area contributed by atoms with Crippen molar-refractivity contribution in [3.8, 4) is 22.6 Å². The Balaban J connectivity index is 1.52. The van der Waals surface area contributed by atoms with Crippen LogP contribution in [0.5, 0.6) is 5.75 Å². The molecule has 180 valence electrons. The van der Waals surface area contributed by atoms with Crippen LogP contribution in [0.1, 0.15) is 60.8 Å². The van der Waals surface area contributed by atoms with Crippen LogP contribution in [0.15, 0.2) is 60.9 Å². The lowest BCUT2D eigenvalue weighted by atomic mass is 10.0. The van der Waals surface area contributed by atoms with Crippen LogP contribution in [0.2, 0.25) is 0 Å². The summed E-state index contributed by atoms with van der Waals surface area (Å²) in [6.45, 7) is 6.15. The molecule has 2 atom stereocenters. The summed E-state index contributed by atoms with van der Waals surface area (Å²) in [5, 5.41) is 13.0. The highest BCUT2D eigenvalue weighted by Crippen LogP contribution is 2.55. The molecular formula is C27H29N5O3. The van der Waals surface area contributed by atoms with E-state index in [0.29, 0.717) is 12.2 Å². The summed E-state index contributed by atoms with van der Waals surface area (Å²) in [6, 6.07) is 16.2. The molecule has 1 aliphatic carbocycles. The molecule has 0 saturated heterocycles. The Morgan fingerprint density at radius 1 is 1.11 bits per heavy atom. The van der Waals surface area contributed by atoms with Crippen LogP contribution in [-0.2, 0) is 11.8 Å². The van der Waals surface area contributed by atoms with E-state index in [1.807, 2.05) is 69.0 Å². The molecule has 2 aromatic heterocycles. The molecular weight excluding hydrogens is 442 g/mol. The van der Waals surface area contributed by atoms with E-state index in [9.17, 15) is 4.79 Å². The Morgan fingerprint density at radius 3 is 2.60 bits per heavy atom. The molecule has 0 bridgehead atoms. The number of benzene rings is 2. The number of hydrogen-bond donors (Lipinski definition) is 0. The molecule has 0 aliphatic heterocycles. The highest BCUT2D eigenvalue weighted by Gasteiger charge is 2.46. The third-order valence-electron chi connectivity index (χ3n) is 6.07. The average molecular weight is 472 g/mol. The largest absolute Gasteiger partial charge is 0.491 e. The lowest BCUT2D eigenvalue weighted by Gasteiger charge is -2.13. The van der Waals surface area contributed by atoms with Crippen molar-refractivity contribution in [2.24, 2.45) is 7.05 Å². The first-order valence-corrected chi connectivity index (χ1v) is 11.9. The molecule has 0 amide bonds. The zero-order chi connectivity index (χ0) is 24.5. The Hall–Kier alpha value is -3.94. The maximum Gasteiger partial charge on any atom is 0.341 e. The molecule has 1 aliphatic rings. The highest BCUT2D eigenvalue weighted by atomic mass is 16.5. The first-order chi connectivity index (χ1) is 16.9. The normalized spacial score (nSPS) is 16.9. The van der Waals surface area contributed by atoms with Crippen molar-refractivity contribution in [1.29, 1.82) is 0 Å². The predicted molar refractivity (Wildman–Crippen MR) is 132 cm³/mol. The van der Waals surface area contributed by atoms with Gasteiger partial charge in [0, 0.05) is 25.1 Å². The van der Waals surface area contributed by atoms with Crippen LogP contribution in [0.4, 0.5) is 0 Å². The smallest absolute Gasteiger partial charge is 0.341 e. The number of aromatic nitrogens is 5. The van der Waals surface area contributed by atoms with Crippen LogP contribution >= 0.6 is 0 Å². The lowest BCUT2D eigenvalue weighted by Crippen LogP contribution is -2.09. The van der Waals surface area contributed by atoms with Crippen molar-refractivity contribution in [1.82, 2.24) is 24.8 Å². The van der Waals surface area contributed by atoms with Crippen molar-refractivity contribution < 1.29 is 14.3 Å². The molecule has 0 N–H and O–H groups in total. The van der Waals surface area contributed by atoms with Gasteiger partial charge in [0.2, 0.25) is 0 Å². The second-order valence-corrected chi connectivity index (χ2v) is 9.09. The molecule has 5 rings (SSSR count). The fraction of sp³-hybridized carbons (Fsp3) is 0.333. The van der Waals surface area contributed by atoms with E-state index in [1.54, 1.807) is 10.9 Å². The van der Waals surface area contributed by atoms with Crippen LogP contribution < -0.4 is 4.74 Å². The standard InChI is InChI=1S/C27H29N5O3/c1-5-34-27(33)24-15-28-32(26(24)23-14-22(23)25-16-31(4)30-29-25)20-10-6-8-18(12-20)19-9-7-11-21(13-19)35-17(2)3/h6-13,15-17,22-23H,5,14H2,1-4H3. The average Bonchev–Trinajstić information content (AvgIpc) is 3.29. The van der Waals surface area contributed by atoms with Crippen molar-refractivity contribution in [2.45, 2.75) is 45.1 Å². The number of esters is 1. The quantitative estimate of drug-likeness (QED) is 0.340. The van der Waals surface area contributed by atoms with Gasteiger partial charge >= 0.3 is 5.97 Å². The van der Waals surface area contributed by atoms with Gasteiger partial charge in [0.15, 0.2) is 0 Å². The van der Waals surface area contributed by atoms with Crippen molar-refractivity contribution in [3.05, 3.63) is 77.9 Å². The SMILES string of the molecule is CCOC(=O)c1cnn(-c2cccc(-c3cccc(OC(C)C)c3)c2)c1C1CC1c1cn(C)nn1. The Morgan fingerprint density at radius 2 is 1.89 bits per heavy atom. The summed E-state index contributed by atoms with van der Waals surface area (Å²) in [7, 11) is 1.86. The summed E-state index contributed by atoms with van der Waals surface area (Å²) in [4.78, 5) is 12.8. The van der Waals surface area contributed by atoms with Gasteiger partial charge in [-0.15, -0.1) is 5.10 Å². The molecule has 8 heteroatoms. The highest BCUT2D eigenvalue weighted by molar-refractivity contribution is 5.91. The third kappa shape index (κ3) is 4.69. The van der Waals surface area contributed by atoms with Gasteiger partial charge in [-0.3, -0.25) is 4.68 Å². The summed E-state index contributed by atoms with van der Waals surface area (Å²) in [5.41, 5.74) is 5.25. The number of hydrogen-bond acceptors (Lipinski definition) is 6. The molecule has 2 heterocycles. The molecule has 1 fully saturated rings. The minimum atomic E-state index is -0.353. The van der Waals surface area contributed by atoms with Gasteiger partial charge in [-0.1, -0.05) is 29.5 Å². The maximum absolute atomic E-state index is 12.8. The molecule has 0 spiro atoms. The predicted octanol–water partition coefficient (Wildman–Crippen LogP) is 4.90. The van der Waals surface area contributed by atoms with Gasteiger partial charge in [0.25, 0.3) is 0 Å². The Labute approximate surface area is 204 Å². The van der Waals surface area contributed by atoms with E-state index in [1.165, 1.54) is 0 Å². The molecule has 0 radical (unpaired) electrons. The number of ether oxygens (including phenoxy) is 2. The van der Waals surface area contributed by atoms with Crippen LogP contribution in [0.3, 0.4) is 0 Å². The summed E-state index contributed by atoms with van der Waals surface area (Å²) >= 11 is 0. The second kappa shape index (κ2) is 9.37. The van der Waals surface area contributed by atoms with Gasteiger partial charge in [0.05, 0.1) is 36.0 Å². The van der Waals surface area contributed by atoms with Crippen LogP contribution in [0, 0.1) is 0 Å². The summed E-state index contributed by atoms with van der Waals surface area (Å²) < 4.78 is 14.8. The fourth-order valence-electron chi connectivity index (χ4n) is 4.48. The minimum absolute atomic E-state index is 0.102. The van der Waals surface area contributed by atoms with Gasteiger partial charge in [0.1, 0.15) is 11.3 Å². The molecule has 35 heavy (non-hydrogen) atoms. The molecule has 8 nitrogen and oxygen atoms in total. The van der Waals surface area contributed by atoms with E-state index in [-0.39, 0.29) is 23.9 Å². The van der Waals surface area contributed by atoms with Gasteiger partial charge in [-0.05, 0) is 62.6 Å². The topological polar surface area (TPSA) is 84.1 Å². The number of carbonyl (C=O) groups excluding carboxylic acids is 1. The molecule has 1 saturated carbocycles. The third-order valence-corrected chi connectivity index (χ3v) is 6.07. The molecule has 2 aromatic carbocycles. The van der Waals surface area contributed by atoms with E-state index >= 15 is 0 Å². The molecule has 2 unspecified atom stereocenters. The van der Waals surface area contributed by atoms with E-state index < -0.39 is 0 Å². The Kier molecular flexibility index (Phi) is 6.11. The van der Waals surface area contributed by atoms with Crippen LogP contribution in [0.25, 0.3) is 16.8 Å². The number of carbonyl (C=O) groups is 1. The number of rotatable bonds is 8. The van der Waals surface area contributed by atoms with Gasteiger partial charge < -0.3 is 9.47 Å². The maximum atomic E-state index is 12.8. The van der Waals surface area contributed by atoms with E-state index in [4.69, 9.17) is 9.47 Å².